The standard InChI is InChI=1S/C22H22ClN3O4S/c1-30-21-15-20(25-10-4-5-11-25)18(23)14-17(21)22(27)24-9-13-31(28,29)26-12-8-16-6-2-3-7-19(16)26/h2-7,10-11,14-15H,8-9,12-13H2,1H3,(H,24,27). The van der Waals surface area contributed by atoms with Crippen LogP contribution in [0.2, 0.25) is 5.02 Å². The lowest BCUT2D eigenvalue weighted by Crippen LogP contribution is -2.37. The fourth-order valence-electron chi connectivity index (χ4n) is 3.68. The number of nitrogens with zero attached hydrogens (tertiary/aromatic N) is 2. The van der Waals surface area contributed by atoms with Crippen LogP contribution in [-0.2, 0) is 16.4 Å². The van der Waals surface area contributed by atoms with Gasteiger partial charge in [0.1, 0.15) is 5.75 Å². The highest BCUT2D eigenvalue weighted by Gasteiger charge is 2.29. The number of fused-ring (bicyclic) bond motifs is 1. The Morgan fingerprint density at radius 1 is 1.13 bits per heavy atom. The van der Waals surface area contributed by atoms with E-state index in [-0.39, 0.29) is 17.9 Å². The molecule has 0 unspecified atom stereocenters. The van der Waals surface area contributed by atoms with Gasteiger partial charge in [-0.05, 0) is 36.2 Å². The number of carbonyl (C=O) groups is 1. The fraction of sp³-hybridized carbons (Fsp3) is 0.227. The van der Waals surface area contributed by atoms with Gasteiger partial charge in [-0.1, -0.05) is 29.8 Å². The summed E-state index contributed by atoms with van der Waals surface area (Å²) in [7, 11) is -2.09. The Morgan fingerprint density at radius 2 is 1.87 bits per heavy atom. The first-order valence-corrected chi connectivity index (χ1v) is 11.8. The van der Waals surface area contributed by atoms with Gasteiger partial charge in [-0.3, -0.25) is 9.10 Å². The molecule has 1 aromatic heterocycles. The van der Waals surface area contributed by atoms with E-state index in [9.17, 15) is 13.2 Å². The number of rotatable bonds is 7. The zero-order valence-corrected chi connectivity index (χ0v) is 18.5. The molecule has 2 aromatic carbocycles. The normalized spacial score (nSPS) is 13.2. The number of aromatic nitrogens is 1. The Labute approximate surface area is 186 Å². The number of para-hydroxylation sites is 1. The molecule has 7 nitrogen and oxygen atoms in total. The maximum Gasteiger partial charge on any atom is 0.255 e. The second-order valence-electron chi connectivity index (χ2n) is 7.12. The van der Waals surface area contributed by atoms with Gasteiger partial charge >= 0.3 is 0 Å². The van der Waals surface area contributed by atoms with Gasteiger partial charge < -0.3 is 14.6 Å². The number of hydrogen-bond acceptors (Lipinski definition) is 4. The number of benzene rings is 2. The van der Waals surface area contributed by atoms with E-state index in [0.29, 0.717) is 35.1 Å². The predicted octanol–water partition coefficient (Wildman–Crippen LogP) is 3.26. The maximum absolute atomic E-state index is 12.8. The molecule has 0 radical (unpaired) electrons. The van der Waals surface area contributed by atoms with Gasteiger partial charge in [0.25, 0.3) is 5.91 Å². The summed E-state index contributed by atoms with van der Waals surface area (Å²) in [6.45, 7) is 0.389. The zero-order valence-electron chi connectivity index (χ0n) is 16.9. The van der Waals surface area contributed by atoms with E-state index in [0.717, 1.165) is 5.56 Å². The van der Waals surface area contributed by atoms with E-state index in [2.05, 4.69) is 5.32 Å². The molecule has 1 N–H and O–H groups in total. The van der Waals surface area contributed by atoms with Gasteiger partial charge in [0.05, 0.1) is 34.8 Å². The third kappa shape index (κ3) is 4.26. The molecular weight excluding hydrogens is 438 g/mol. The molecule has 0 saturated carbocycles. The van der Waals surface area contributed by atoms with Crippen LogP contribution in [0.1, 0.15) is 15.9 Å². The minimum atomic E-state index is -3.55. The Morgan fingerprint density at radius 3 is 2.61 bits per heavy atom. The second-order valence-corrected chi connectivity index (χ2v) is 9.54. The van der Waals surface area contributed by atoms with E-state index in [1.807, 2.05) is 47.3 Å². The third-order valence-corrected chi connectivity index (χ3v) is 7.30. The Kier molecular flexibility index (Phi) is 5.93. The number of ether oxygens (including phenoxy) is 1. The lowest BCUT2D eigenvalue weighted by atomic mass is 10.1. The van der Waals surface area contributed by atoms with Crippen LogP contribution in [-0.4, -0.2) is 44.8 Å². The first-order chi connectivity index (χ1) is 14.9. The van der Waals surface area contributed by atoms with Gasteiger partial charge in [-0.2, -0.15) is 0 Å². The molecule has 0 aliphatic carbocycles. The van der Waals surface area contributed by atoms with Crippen LogP contribution in [0.25, 0.3) is 5.69 Å². The molecule has 162 valence electrons. The summed E-state index contributed by atoms with van der Waals surface area (Å²) in [4.78, 5) is 12.7. The van der Waals surface area contributed by atoms with Crippen molar-refractivity contribution in [2.24, 2.45) is 0 Å². The Balaban J connectivity index is 1.45. The van der Waals surface area contributed by atoms with Crippen molar-refractivity contribution in [2.75, 3.05) is 30.3 Å². The molecule has 1 aliphatic rings. The van der Waals surface area contributed by atoms with Crippen molar-refractivity contribution in [3.63, 3.8) is 0 Å². The monoisotopic (exact) mass is 459 g/mol. The van der Waals surface area contributed by atoms with Crippen LogP contribution in [0.5, 0.6) is 5.75 Å². The number of nitrogens with one attached hydrogen (secondary N) is 1. The quantitative estimate of drug-likeness (QED) is 0.588. The molecule has 4 rings (SSSR count). The molecule has 1 aliphatic heterocycles. The number of hydrogen-bond donors (Lipinski definition) is 1. The number of halogens is 1. The molecular formula is C22H22ClN3O4S. The van der Waals surface area contributed by atoms with E-state index < -0.39 is 15.9 Å². The first-order valence-electron chi connectivity index (χ1n) is 9.78. The van der Waals surface area contributed by atoms with Crippen molar-refractivity contribution >= 4 is 33.2 Å². The van der Waals surface area contributed by atoms with Crippen LogP contribution >= 0.6 is 11.6 Å². The van der Waals surface area contributed by atoms with Crippen LogP contribution < -0.4 is 14.4 Å². The van der Waals surface area contributed by atoms with Gasteiger partial charge in [0.15, 0.2) is 0 Å². The van der Waals surface area contributed by atoms with E-state index in [1.54, 1.807) is 12.1 Å². The smallest absolute Gasteiger partial charge is 0.255 e. The summed E-state index contributed by atoms with van der Waals surface area (Å²) >= 11 is 6.38. The zero-order chi connectivity index (χ0) is 22.0. The highest BCUT2D eigenvalue weighted by Crippen LogP contribution is 2.31. The minimum absolute atomic E-state index is 0.0278. The van der Waals surface area contributed by atoms with Crippen molar-refractivity contribution in [1.82, 2.24) is 9.88 Å². The highest BCUT2D eigenvalue weighted by atomic mass is 35.5. The number of methoxy groups -OCH3 is 1. The summed E-state index contributed by atoms with van der Waals surface area (Å²) in [6.07, 6.45) is 4.36. The van der Waals surface area contributed by atoms with Crippen LogP contribution in [0, 0.1) is 0 Å². The summed E-state index contributed by atoms with van der Waals surface area (Å²) in [6, 6.07) is 14.4. The Bertz CT molecular complexity index is 1210. The molecule has 9 heteroatoms. The molecule has 1 amide bonds. The summed E-state index contributed by atoms with van der Waals surface area (Å²) < 4.78 is 34.2. The molecule has 0 spiro atoms. The van der Waals surface area contributed by atoms with Gasteiger partial charge in [0, 0.05) is 31.5 Å². The van der Waals surface area contributed by atoms with Gasteiger partial charge in [-0.25, -0.2) is 8.42 Å². The van der Waals surface area contributed by atoms with Crippen molar-refractivity contribution < 1.29 is 17.9 Å². The topological polar surface area (TPSA) is 80.6 Å². The number of sulfonamides is 1. The van der Waals surface area contributed by atoms with Crippen LogP contribution in [0.3, 0.4) is 0 Å². The minimum Gasteiger partial charge on any atom is -0.496 e. The second kappa shape index (κ2) is 8.64. The number of anilines is 1. The molecule has 0 atom stereocenters. The highest BCUT2D eigenvalue weighted by molar-refractivity contribution is 7.92. The number of carbonyl (C=O) groups excluding carboxylic acids is 1. The summed E-state index contributed by atoms with van der Waals surface area (Å²) in [5, 5.41) is 3.05. The van der Waals surface area contributed by atoms with Crippen LogP contribution in [0.15, 0.2) is 60.9 Å². The molecule has 31 heavy (non-hydrogen) atoms. The van der Waals surface area contributed by atoms with Crippen molar-refractivity contribution in [1.29, 1.82) is 0 Å². The average Bonchev–Trinajstić information content (AvgIpc) is 3.43. The lowest BCUT2D eigenvalue weighted by molar-refractivity contribution is 0.0953. The van der Waals surface area contributed by atoms with Crippen LogP contribution in [0.4, 0.5) is 5.69 Å². The van der Waals surface area contributed by atoms with Gasteiger partial charge in [0.2, 0.25) is 10.0 Å². The van der Waals surface area contributed by atoms with Crippen molar-refractivity contribution in [2.45, 2.75) is 6.42 Å². The first kappa shape index (κ1) is 21.3. The van der Waals surface area contributed by atoms with E-state index >= 15 is 0 Å². The van der Waals surface area contributed by atoms with E-state index in [4.69, 9.17) is 16.3 Å². The molecule has 3 aromatic rings. The molecule has 0 saturated heterocycles. The van der Waals surface area contributed by atoms with Crippen molar-refractivity contribution in [3.05, 3.63) is 77.1 Å². The lowest BCUT2D eigenvalue weighted by Gasteiger charge is -2.19. The van der Waals surface area contributed by atoms with Crippen molar-refractivity contribution in [3.8, 4) is 11.4 Å². The summed E-state index contributed by atoms with van der Waals surface area (Å²) in [5.41, 5.74) is 2.64. The SMILES string of the molecule is COc1cc(-n2cccc2)c(Cl)cc1C(=O)NCCS(=O)(=O)N1CCc2ccccc21. The number of amides is 1. The van der Waals surface area contributed by atoms with E-state index in [1.165, 1.54) is 17.5 Å². The average molecular weight is 460 g/mol. The Hall–Kier alpha value is -2.97. The maximum atomic E-state index is 12.8. The predicted molar refractivity (Wildman–Crippen MR) is 121 cm³/mol. The fourth-order valence-corrected chi connectivity index (χ4v) is 5.37. The third-order valence-electron chi connectivity index (χ3n) is 5.22. The largest absolute Gasteiger partial charge is 0.496 e. The summed E-state index contributed by atoms with van der Waals surface area (Å²) in [5.74, 6) is -0.304. The molecule has 0 bridgehead atoms. The molecule has 2 heterocycles. The van der Waals surface area contributed by atoms with Gasteiger partial charge in [-0.15, -0.1) is 0 Å². The molecule has 0 fully saturated rings.